The van der Waals surface area contributed by atoms with Gasteiger partial charge in [-0.25, -0.2) is 4.39 Å². The zero-order valence-corrected chi connectivity index (χ0v) is 12.3. The van der Waals surface area contributed by atoms with Gasteiger partial charge < -0.3 is 10.6 Å². The largest absolute Gasteiger partial charge is 0.322 e. The van der Waals surface area contributed by atoms with Crippen LogP contribution >= 0.6 is 0 Å². The van der Waals surface area contributed by atoms with Crippen LogP contribution in [0, 0.1) is 5.82 Å². The minimum atomic E-state index is -0.360. The number of amides is 1. The smallest absolute Gasteiger partial charge is 0.255 e. The Morgan fingerprint density at radius 2 is 1.86 bits per heavy atom. The summed E-state index contributed by atoms with van der Waals surface area (Å²) in [6.07, 6.45) is 2.18. The summed E-state index contributed by atoms with van der Waals surface area (Å²) < 4.78 is 13.2. The lowest BCUT2D eigenvalue weighted by molar-refractivity contribution is 0.102. The Balaban J connectivity index is 1.75. The summed E-state index contributed by atoms with van der Waals surface area (Å²) in [5, 5.41) is 6.08. The average Bonchev–Trinajstić information content (AvgIpc) is 2.56. The summed E-state index contributed by atoms with van der Waals surface area (Å²) in [6.45, 7) is 2.04. The molecule has 1 aliphatic rings. The number of carbonyl (C=O) groups is 1. The number of anilines is 1. The van der Waals surface area contributed by atoms with Crippen LogP contribution in [0.5, 0.6) is 0 Å². The molecule has 0 aromatic heterocycles. The lowest BCUT2D eigenvalue weighted by atomic mass is 9.89. The molecule has 0 unspecified atom stereocenters. The van der Waals surface area contributed by atoms with E-state index in [0.29, 0.717) is 17.2 Å². The summed E-state index contributed by atoms with van der Waals surface area (Å²) >= 11 is 0. The predicted octanol–water partition coefficient (Wildman–Crippen LogP) is 3.55. The van der Waals surface area contributed by atoms with E-state index in [1.165, 1.54) is 17.7 Å². The fourth-order valence-electron chi connectivity index (χ4n) is 2.86. The highest BCUT2D eigenvalue weighted by molar-refractivity contribution is 6.04. The van der Waals surface area contributed by atoms with Gasteiger partial charge in [-0.3, -0.25) is 4.79 Å². The van der Waals surface area contributed by atoms with Crippen LogP contribution in [0.4, 0.5) is 10.1 Å². The lowest BCUT2D eigenvalue weighted by Gasteiger charge is -2.23. The molecule has 1 fully saturated rings. The van der Waals surface area contributed by atoms with E-state index in [4.69, 9.17) is 0 Å². The van der Waals surface area contributed by atoms with E-state index in [9.17, 15) is 9.18 Å². The molecule has 22 heavy (non-hydrogen) atoms. The number of carbonyl (C=O) groups excluding carboxylic acids is 1. The zero-order chi connectivity index (χ0) is 15.4. The molecule has 1 heterocycles. The molecule has 114 valence electrons. The van der Waals surface area contributed by atoms with Gasteiger partial charge in [0.2, 0.25) is 0 Å². The fraction of sp³-hybridized carbons (Fsp3) is 0.278. The molecule has 0 saturated carbocycles. The number of hydrogen-bond donors (Lipinski definition) is 2. The van der Waals surface area contributed by atoms with Crippen molar-refractivity contribution in [3.05, 3.63) is 65.5 Å². The highest BCUT2D eigenvalue weighted by Crippen LogP contribution is 2.26. The maximum absolute atomic E-state index is 13.2. The van der Waals surface area contributed by atoms with Crippen LogP contribution in [0.2, 0.25) is 0 Å². The van der Waals surface area contributed by atoms with Gasteiger partial charge in [-0.15, -0.1) is 0 Å². The zero-order valence-electron chi connectivity index (χ0n) is 12.3. The van der Waals surface area contributed by atoms with Crippen molar-refractivity contribution in [3.63, 3.8) is 0 Å². The SMILES string of the molecule is O=C(Nc1cccc(F)c1)c1cccc(C2CCNCC2)c1. The lowest BCUT2D eigenvalue weighted by Crippen LogP contribution is -2.26. The number of benzene rings is 2. The van der Waals surface area contributed by atoms with Crippen molar-refractivity contribution >= 4 is 11.6 Å². The van der Waals surface area contributed by atoms with E-state index in [1.54, 1.807) is 18.2 Å². The van der Waals surface area contributed by atoms with Crippen LogP contribution < -0.4 is 10.6 Å². The van der Waals surface area contributed by atoms with Gasteiger partial charge in [0.25, 0.3) is 5.91 Å². The molecule has 0 radical (unpaired) electrons. The second kappa shape index (κ2) is 6.71. The first kappa shape index (κ1) is 14.7. The number of rotatable bonds is 3. The van der Waals surface area contributed by atoms with E-state index >= 15 is 0 Å². The molecule has 0 spiro atoms. The second-order valence-electron chi connectivity index (χ2n) is 5.61. The van der Waals surface area contributed by atoms with Gasteiger partial charge in [-0.1, -0.05) is 18.2 Å². The van der Waals surface area contributed by atoms with Crippen molar-refractivity contribution in [2.45, 2.75) is 18.8 Å². The van der Waals surface area contributed by atoms with Crippen molar-refractivity contribution in [3.8, 4) is 0 Å². The maximum Gasteiger partial charge on any atom is 0.255 e. The van der Waals surface area contributed by atoms with Gasteiger partial charge in [0, 0.05) is 11.3 Å². The average molecular weight is 298 g/mol. The standard InChI is InChI=1S/C18H19FN2O/c19-16-5-2-6-17(12-16)21-18(22)15-4-1-3-14(11-15)13-7-9-20-10-8-13/h1-6,11-13,20H,7-10H2,(H,21,22). The molecule has 0 atom stereocenters. The number of piperidine rings is 1. The highest BCUT2D eigenvalue weighted by Gasteiger charge is 2.16. The third-order valence-electron chi connectivity index (χ3n) is 4.04. The maximum atomic E-state index is 13.2. The molecule has 2 N–H and O–H groups in total. The molecule has 4 heteroatoms. The molecular weight excluding hydrogens is 279 g/mol. The Bertz CT molecular complexity index is 666. The Morgan fingerprint density at radius 3 is 2.64 bits per heavy atom. The normalized spacial score (nSPS) is 15.5. The summed E-state index contributed by atoms with van der Waals surface area (Å²) in [7, 11) is 0. The quantitative estimate of drug-likeness (QED) is 0.910. The molecule has 3 nitrogen and oxygen atoms in total. The van der Waals surface area contributed by atoms with Crippen molar-refractivity contribution in [1.82, 2.24) is 5.32 Å². The minimum absolute atomic E-state index is 0.207. The molecule has 3 rings (SSSR count). The van der Waals surface area contributed by atoms with Gasteiger partial charge in [0.05, 0.1) is 0 Å². The first-order valence-corrected chi connectivity index (χ1v) is 7.60. The van der Waals surface area contributed by atoms with Crippen molar-refractivity contribution in [1.29, 1.82) is 0 Å². The van der Waals surface area contributed by atoms with Crippen LogP contribution in [0.1, 0.15) is 34.7 Å². The van der Waals surface area contributed by atoms with E-state index in [-0.39, 0.29) is 11.7 Å². The van der Waals surface area contributed by atoms with Gasteiger partial charge >= 0.3 is 0 Å². The van der Waals surface area contributed by atoms with Gasteiger partial charge in [0.1, 0.15) is 5.82 Å². The predicted molar refractivity (Wildman–Crippen MR) is 85.6 cm³/mol. The van der Waals surface area contributed by atoms with Crippen molar-refractivity contribution in [2.75, 3.05) is 18.4 Å². The monoisotopic (exact) mass is 298 g/mol. The van der Waals surface area contributed by atoms with E-state index in [1.807, 2.05) is 12.1 Å². The Kier molecular flexibility index (Phi) is 4.49. The Labute approximate surface area is 129 Å². The minimum Gasteiger partial charge on any atom is -0.322 e. The van der Waals surface area contributed by atoms with Crippen LogP contribution in [0.3, 0.4) is 0 Å². The Morgan fingerprint density at radius 1 is 1.09 bits per heavy atom. The molecule has 2 aromatic carbocycles. The van der Waals surface area contributed by atoms with Crippen LogP contribution in [0.15, 0.2) is 48.5 Å². The summed E-state index contributed by atoms with van der Waals surface area (Å²) in [6, 6.07) is 13.7. The number of hydrogen-bond acceptors (Lipinski definition) is 2. The molecule has 0 aliphatic carbocycles. The van der Waals surface area contributed by atoms with E-state index in [2.05, 4.69) is 16.7 Å². The van der Waals surface area contributed by atoms with Crippen molar-refractivity contribution < 1.29 is 9.18 Å². The first-order chi connectivity index (χ1) is 10.7. The second-order valence-corrected chi connectivity index (χ2v) is 5.61. The summed E-state index contributed by atoms with van der Waals surface area (Å²) in [5.41, 5.74) is 2.28. The first-order valence-electron chi connectivity index (χ1n) is 7.60. The van der Waals surface area contributed by atoms with Gasteiger partial charge in [-0.2, -0.15) is 0 Å². The molecule has 2 aromatic rings. The van der Waals surface area contributed by atoms with Crippen molar-refractivity contribution in [2.24, 2.45) is 0 Å². The highest BCUT2D eigenvalue weighted by atomic mass is 19.1. The van der Waals surface area contributed by atoms with Gasteiger partial charge in [0.15, 0.2) is 0 Å². The van der Waals surface area contributed by atoms with Crippen LogP contribution in [0.25, 0.3) is 0 Å². The topological polar surface area (TPSA) is 41.1 Å². The van der Waals surface area contributed by atoms with Crippen LogP contribution in [-0.4, -0.2) is 19.0 Å². The van der Waals surface area contributed by atoms with Crippen LogP contribution in [-0.2, 0) is 0 Å². The molecule has 1 aliphatic heterocycles. The van der Waals surface area contributed by atoms with Gasteiger partial charge in [-0.05, 0) is 67.7 Å². The molecule has 1 saturated heterocycles. The number of nitrogens with one attached hydrogen (secondary N) is 2. The van der Waals surface area contributed by atoms with E-state index in [0.717, 1.165) is 25.9 Å². The number of halogens is 1. The summed E-state index contributed by atoms with van der Waals surface area (Å²) in [4.78, 5) is 12.3. The fourth-order valence-corrected chi connectivity index (χ4v) is 2.86. The third-order valence-corrected chi connectivity index (χ3v) is 4.04. The third kappa shape index (κ3) is 3.52. The molecule has 0 bridgehead atoms. The summed E-state index contributed by atoms with van der Waals surface area (Å²) in [5.74, 6) is -0.0641. The molecular formula is C18H19FN2O. The van der Waals surface area contributed by atoms with E-state index < -0.39 is 0 Å². The Hall–Kier alpha value is -2.20. The molecule has 1 amide bonds.